The van der Waals surface area contributed by atoms with Crippen molar-refractivity contribution in [2.45, 2.75) is 50.6 Å². The Morgan fingerprint density at radius 1 is 1.00 bits per heavy atom. The van der Waals surface area contributed by atoms with Crippen LogP contribution in [0.15, 0.2) is 71.9 Å². The minimum Gasteiger partial charge on any atom is -0.345 e. The van der Waals surface area contributed by atoms with Crippen LogP contribution in [0.1, 0.15) is 52.6 Å². The first-order valence-corrected chi connectivity index (χ1v) is 13.6. The van der Waals surface area contributed by atoms with Gasteiger partial charge in [0.05, 0.1) is 17.3 Å². The highest BCUT2D eigenvalue weighted by Crippen LogP contribution is 2.31. The molecule has 186 valence electrons. The van der Waals surface area contributed by atoms with Crippen LogP contribution in [0, 0.1) is 6.92 Å². The third-order valence-electron chi connectivity index (χ3n) is 5.74. The van der Waals surface area contributed by atoms with Gasteiger partial charge < -0.3 is 5.32 Å². The number of benzene rings is 3. The van der Waals surface area contributed by atoms with E-state index in [0.29, 0.717) is 32.3 Å². The van der Waals surface area contributed by atoms with Crippen LogP contribution in [0.25, 0.3) is 5.69 Å². The molecule has 0 bridgehead atoms. The zero-order valence-corrected chi connectivity index (χ0v) is 22.6. The summed E-state index contributed by atoms with van der Waals surface area (Å²) in [4.78, 5) is 12.8. The number of carbonyl (C=O) groups is 1. The van der Waals surface area contributed by atoms with Crippen LogP contribution in [0.5, 0.6) is 0 Å². The van der Waals surface area contributed by atoms with Gasteiger partial charge in [-0.25, -0.2) is 0 Å². The molecule has 8 heteroatoms. The second kappa shape index (κ2) is 12.4. The zero-order valence-electron chi connectivity index (χ0n) is 20.3. The summed E-state index contributed by atoms with van der Waals surface area (Å²) in [5.74, 6) is 1.12. The van der Waals surface area contributed by atoms with Gasteiger partial charge in [-0.05, 0) is 61.2 Å². The van der Waals surface area contributed by atoms with Gasteiger partial charge in [-0.3, -0.25) is 9.36 Å². The average molecular weight is 540 g/mol. The van der Waals surface area contributed by atoms with Crippen LogP contribution in [-0.2, 0) is 18.7 Å². The number of aromatic nitrogens is 3. The highest BCUT2D eigenvalue weighted by Gasteiger charge is 2.18. The summed E-state index contributed by atoms with van der Waals surface area (Å²) in [7, 11) is 0. The van der Waals surface area contributed by atoms with Crippen molar-refractivity contribution in [3.05, 3.63) is 105 Å². The molecule has 4 rings (SSSR count). The fourth-order valence-corrected chi connectivity index (χ4v) is 5.10. The first-order chi connectivity index (χ1) is 17.4. The first-order valence-electron chi connectivity index (χ1n) is 11.9. The smallest absolute Gasteiger partial charge is 0.251 e. The van der Waals surface area contributed by atoms with Crippen molar-refractivity contribution in [1.82, 2.24) is 20.1 Å². The Labute approximate surface area is 226 Å². The summed E-state index contributed by atoms with van der Waals surface area (Å²) >= 11 is 14.4. The predicted molar refractivity (Wildman–Crippen MR) is 148 cm³/mol. The fourth-order valence-electron chi connectivity index (χ4n) is 3.82. The Kier molecular flexibility index (Phi) is 9.08. The fraction of sp³-hybridized carbons (Fsp3) is 0.250. The lowest BCUT2D eigenvalue weighted by atomic mass is 10.1. The van der Waals surface area contributed by atoms with Gasteiger partial charge in [0.25, 0.3) is 5.91 Å². The molecule has 1 amide bonds. The number of thioether (sulfide) groups is 1. The van der Waals surface area contributed by atoms with E-state index in [1.54, 1.807) is 30.0 Å². The molecule has 0 aliphatic rings. The molecular formula is C28H28Cl2N4OS. The van der Waals surface area contributed by atoms with E-state index in [0.717, 1.165) is 25.0 Å². The average Bonchev–Trinajstić information content (AvgIpc) is 3.29. The Hall–Kier alpha value is -2.80. The van der Waals surface area contributed by atoms with Gasteiger partial charge in [-0.2, -0.15) is 0 Å². The molecule has 0 spiro atoms. The molecule has 1 heterocycles. The monoisotopic (exact) mass is 538 g/mol. The summed E-state index contributed by atoms with van der Waals surface area (Å²) in [6.45, 7) is 4.43. The third kappa shape index (κ3) is 6.69. The molecule has 0 fully saturated rings. The minimum absolute atomic E-state index is 0.169. The van der Waals surface area contributed by atoms with Gasteiger partial charge in [0.1, 0.15) is 0 Å². The lowest BCUT2D eigenvalue weighted by Gasteiger charge is -2.13. The Morgan fingerprint density at radius 2 is 1.81 bits per heavy atom. The first kappa shape index (κ1) is 26.3. The number of aryl methyl sites for hydroxylation is 2. The third-order valence-corrected chi connectivity index (χ3v) is 7.30. The minimum atomic E-state index is -0.169. The molecule has 36 heavy (non-hydrogen) atoms. The van der Waals surface area contributed by atoms with Crippen LogP contribution in [0.2, 0.25) is 10.0 Å². The van der Waals surface area contributed by atoms with E-state index in [9.17, 15) is 4.79 Å². The SMILES string of the molecule is CCCCc1ccc(C(=O)NCc2nnc(SCc3cccc(C)c3)n2-c2cc(Cl)ccc2Cl)cc1. The molecule has 0 aliphatic carbocycles. The molecule has 1 aromatic heterocycles. The number of hydrogen-bond donors (Lipinski definition) is 1. The number of carbonyl (C=O) groups excluding carboxylic acids is 1. The standard InChI is InChI=1S/C28H28Cl2N4OS/c1-3-4-7-20-9-11-22(12-10-20)27(35)31-17-26-32-33-28(36-18-21-8-5-6-19(2)15-21)34(26)25-16-23(29)13-14-24(25)30/h5-6,8-16H,3-4,7,17-18H2,1-2H3,(H,31,35). The number of halogens is 2. The number of amides is 1. The highest BCUT2D eigenvalue weighted by atomic mass is 35.5. The lowest BCUT2D eigenvalue weighted by molar-refractivity contribution is 0.0949. The molecule has 4 aromatic rings. The maximum absolute atomic E-state index is 12.8. The normalized spacial score (nSPS) is 11.0. The van der Waals surface area contributed by atoms with E-state index < -0.39 is 0 Å². The van der Waals surface area contributed by atoms with Gasteiger partial charge >= 0.3 is 0 Å². The summed E-state index contributed by atoms with van der Waals surface area (Å²) in [5, 5.41) is 13.5. The van der Waals surface area contributed by atoms with Crippen LogP contribution in [0.4, 0.5) is 0 Å². The number of rotatable bonds is 10. The van der Waals surface area contributed by atoms with Crippen molar-refractivity contribution in [1.29, 1.82) is 0 Å². The van der Waals surface area contributed by atoms with E-state index in [1.807, 2.05) is 34.9 Å². The molecule has 3 aromatic carbocycles. The van der Waals surface area contributed by atoms with Crippen LogP contribution < -0.4 is 5.32 Å². The van der Waals surface area contributed by atoms with E-state index >= 15 is 0 Å². The summed E-state index contributed by atoms with van der Waals surface area (Å²) in [6, 6.07) is 21.4. The van der Waals surface area contributed by atoms with Crippen LogP contribution in [0.3, 0.4) is 0 Å². The Morgan fingerprint density at radius 3 is 2.56 bits per heavy atom. The zero-order chi connectivity index (χ0) is 25.5. The summed E-state index contributed by atoms with van der Waals surface area (Å²) in [5.41, 5.74) is 4.90. The number of nitrogens with zero attached hydrogens (tertiary/aromatic N) is 3. The van der Waals surface area contributed by atoms with E-state index in [-0.39, 0.29) is 12.5 Å². The molecule has 0 radical (unpaired) electrons. The van der Waals surface area contributed by atoms with Crippen LogP contribution >= 0.6 is 35.0 Å². The number of unbranched alkanes of at least 4 members (excludes halogenated alkanes) is 1. The van der Waals surface area contributed by atoms with Crippen molar-refractivity contribution in [2.75, 3.05) is 0 Å². The van der Waals surface area contributed by atoms with Crippen molar-refractivity contribution in [3.63, 3.8) is 0 Å². The van der Waals surface area contributed by atoms with Gasteiger partial charge in [-0.15, -0.1) is 10.2 Å². The van der Waals surface area contributed by atoms with E-state index in [4.69, 9.17) is 23.2 Å². The van der Waals surface area contributed by atoms with Crippen LogP contribution in [-0.4, -0.2) is 20.7 Å². The maximum Gasteiger partial charge on any atom is 0.251 e. The molecule has 0 aliphatic heterocycles. The number of hydrogen-bond acceptors (Lipinski definition) is 4. The van der Waals surface area contributed by atoms with Crippen molar-refractivity contribution < 1.29 is 4.79 Å². The second-order valence-corrected chi connectivity index (χ2v) is 10.4. The predicted octanol–water partition coefficient (Wildman–Crippen LogP) is 7.45. The molecule has 5 nitrogen and oxygen atoms in total. The van der Waals surface area contributed by atoms with Gasteiger partial charge in [0.15, 0.2) is 11.0 Å². The quantitative estimate of drug-likeness (QED) is 0.213. The second-order valence-electron chi connectivity index (χ2n) is 8.59. The number of nitrogens with one attached hydrogen (secondary N) is 1. The Balaban J connectivity index is 1.55. The van der Waals surface area contributed by atoms with Crippen molar-refractivity contribution >= 4 is 40.9 Å². The van der Waals surface area contributed by atoms with E-state index in [2.05, 4.69) is 47.6 Å². The maximum atomic E-state index is 12.8. The molecule has 0 atom stereocenters. The van der Waals surface area contributed by atoms with Gasteiger partial charge in [-0.1, -0.05) is 90.3 Å². The summed E-state index contributed by atoms with van der Waals surface area (Å²) in [6.07, 6.45) is 3.30. The Bertz CT molecular complexity index is 1340. The van der Waals surface area contributed by atoms with Gasteiger partial charge in [0, 0.05) is 16.3 Å². The van der Waals surface area contributed by atoms with Gasteiger partial charge in [0.2, 0.25) is 0 Å². The van der Waals surface area contributed by atoms with E-state index in [1.165, 1.54) is 16.7 Å². The molecular weight excluding hydrogens is 511 g/mol. The molecule has 0 unspecified atom stereocenters. The molecule has 0 saturated heterocycles. The largest absolute Gasteiger partial charge is 0.345 e. The van der Waals surface area contributed by atoms with Crippen molar-refractivity contribution in [2.24, 2.45) is 0 Å². The molecule has 1 N–H and O–H groups in total. The summed E-state index contributed by atoms with van der Waals surface area (Å²) < 4.78 is 1.86. The van der Waals surface area contributed by atoms with Crippen molar-refractivity contribution in [3.8, 4) is 5.69 Å². The highest BCUT2D eigenvalue weighted by molar-refractivity contribution is 7.98. The molecule has 0 saturated carbocycles. The lowest BCUT2D eigenvalue weighted by Crippen LogP contribution is -2.24. The topological polar surface area (TPSA) is 59.8 Å².